The number of anilines is 1. The third-order valence-corrected chi connectivity index (χ3v) is 9.15. The minimum Gasteiger partial charge on any atom is -0.321 e. The minimum absolute atomic E-state index is 0.0260. The summed E-state index contributed by atoms with van der Waals surface area (Å²) in [6.07, 6.45) is 1.45. The van der Waals surface area contributed by atoms with Gasteiger partial charge in [0.25, 0.3) is 11.8 Å². The molecular weight excluding hydrogens is 637 g/mol. The second kappa shape index (κ2) is 13.7. The highest BCUT2D eigenvalue weighted by Gasteiger charge is 2.22. The molecule has 0 spiro atoms. The quantitative estimate of drug-likeness (QED) is 0.126. The van der Waals surface area contributed by atoms with Gasteiger partial charge in [0.05, 0.1) is 16.3 Å². The van der Waals surface area contributed by atoms with Crippen molar-refractivity contribution in [2.45, 2.75) is 17.1 Å². The highest BCUT2D eigenvalue weighted by molar-refractivity contribution is 8.00. The summed E-state index contributed by atoms with van der Waals surface area (Å²) in [6, 6.07) is 36.6. The number of halogens is 2. The lowest BCUT2D eigenvalue weighted by Gasteiger charge is -2.14. The maximum absolute atomic E-state index is 13.7. The molecule has 0 bridgehead atoms. The Morgan fingerprint density at radius 1 is 0.717 bits per heavy atom. The SMILES string of the molecule is CC(Sc1ccc(NC(=O)/C(=C/c2c(Cl)cccc2Cl)NC(=O)c2ccccc2)cc1)C(=O)n1c2ccccc2c2ccccc21. The number of thioether (sulfide) groups is 1. The fourth-order valence-electron chi connectivity index (χ4n) is 5.15. The molecule has 1 unspecified atom stereocenters. The van der Waals surface area contributed by atoms with E-state index in [1.165, 1.54) is 17.8 Å². The number of hydrogen-bond donors (Lipinski definition) is 2. The standard InChI is InChI=1S/C37H27Cl2N3O3S/c1-23(37(45)42-33-16-7-5-12-27(33)28-13-6-8-17-34(28)42)46-26-20-18-25(19-21-26)40-36(44)32(22-29-30(38)14-9-15-31(29)39)41-35(43)24-10-3-2-4-11-24/h2-23H,1H3,(H,40,44)(H,41,43)/b32-22-. The molecule has 6 rings (SSSR count). The van der Waals surface area contributed by atoms with Crippen LogP contribution in [0.2, 0.25) is 10.0 Å². The van der Waals surface area contributed by atoms with Crippen molar-refractivity contribution >= 4 is 86.3 Å². The fourth-order valence-corrected chi connectivity index (χ4v) is 6.56. The molecular formula is C37H27Cl2N3O3S. The van der Waals surface area contributed by atoms with Gasteiger partial charge >= 0.3 is 0 Å². The largest absolute Gasteiger partial charge is 0.321 e. The number of hydrogen-bond acceptors (Lipinski definition) is 4. The van der Waals surface area contributed by atoms with Gasteiger partial charge in [0.1, 0.15) is 5.70 Å². The Hall–Kier alpha value is -4.82. The maximum Gasteiger partial charge on any atom is 0.272 e. The van der Waals surface area contributed by atoms with Crippen molar-refractivity contribution in [3.8, 4) is 0 Å². The van der Waals surface area contributed by atoms with Crippen LogP contribution in [0, 0.1) is 0 Å². The van der Waals surface area contributed by atoms with Crippen LogP contribution in [0.3, 0.4) is 0 Å². The van der Waals surface area contributed by atoms with Crippen LogP contribution in [0.5, 0.6) is 0 Å². The molecule has 1 atom stereocenters. The average molecular weight is 665 g/mol. The number of nitrogens with zero attached hydrogens (tertiary/aromatic N) is 1. The van der Waals surface area contributed by atoms with Crippen molar-refractivity contribution in [2.75, 3.05) is 5.32 Å². The topological polar surface area (TPSA) is 80.2 Å². The number of amides is 2. The van der Waals surface area contributed by atoms with E-state index in [9.17, 15) is 14.4 Å². The average Bonchev–Trinajstić information content (AvgIpc) is 3.41. The van der Waals surface area contributed by atoms with Crippen molar-refractivity contribution in [2.24, 2.45) is 0 Å². The summed E-state index contributed by atoms with van der Waals surface area (Å²) in [5.74, 6) is -1.05. The molecule has 0 aliphatic carbocycles. The Morgan fingerprint density at radius 2 is 1.28 bits per heavy atom. The van der Waals surface area contributed by atoms with E-state index in [4.69, 9.17) is 23.2 Å². The number of aromatic nitrogens is 1. The predicted octanol–water partition coefficient (Wildman–Crippen LogP) is 9.33. The molecule has 228 valence electrons. The first-order valence-electron chi connectivity index (χ1n) is 14.4. The molecule has 0 aliphatic rings. The predicted molar refractivity (Wildman–Crippen MR) is 189 cm³/mol. The molecule has 1 aromatic heterocycles. The summed E-state index contributed by atoms with van der Waals surface area (Å²) in [5.41, 5.74) is 3.00. The summed E-state index contributed by atoms with van der Waals surface area (Å²) < 4.78 is 1.79. The normalized spacial score (nSPS) is 12.2. The smallest absolute Gasteiger partial charge is 0.272 e. The lowest BCUT2D eigenvalue weighted by molar-refractivity contribution is -0.113. The number of carbonyl (C=O) groups excluding carboxylic acids is 3. The molecule has 46 heavy (non-hydrogen) atoms. The van der Waals surface area contributed by atoms with E-state index in [0.717, 1.165) is 26.7 Å². The molecule has 0 fully saturated rings. The van der Waals surface area contributed by atoms with Crippen LogP contribution in [-0.4, -0.2) is 27.5 Å². The Labute approximate surface area is 280 Å². The Morgan fingerprint density at radius 3 is 1.89 bits per heavy atom. The zero-order valence-corrected chi connectivity index (χ0v) is 26.9. The number of nitrogens with one attached hydrogen (secondary N) is 2. The van der Waals surface area contributed by atoms with Gasteiger partial charge < -0.3 is 10.6 Å². The summed E-state index contributed by atoms with van der Waals surface area (Å²) in [4.78, 5) is 41.0. The second-order valence-corrected chi connectivity index (χ2v) is 12.7. The van der Waals surface area contributed by atoms with Gasteiger partial charge in [-0.05, 0) is 73.7 Å². The first-order chi connectivity index (χ1) is 22.3. The van der Waals surface area contributed by atoms with Crippen LogP contribution in [0.4, 0.5) is 5.69 Å². The van der Waals surface area contributed by atoms with Gasteiger partial charge in [-0.25, -0.2) is 0 Å². The van der Waals surface area contributed by atoms with Crippen LogP contribution in [0.25, 0.3) is 27.9 Å². The number of benzene rings is 5. The number of rotatable bonds is 8. The summed E-state index contributed by atoms with van der Waals surface area (Å²) in [6.45, 7) is 1.89. The highest BCUT2D eigenvalue weighted by Crippen LogP contribution is 2.32. The van der Waals surface area contributed by atoms with Crippen molar-refractivity contribution in [3.05, 3.63) is 148 Å². The van der Waals surface area contributed by atoms with Gasteiger partial charge in [0.15, 0.2) is 0 Å². The number of carbonyl (C=O) groups is 3. The van der Waals surface area contributed by atoms with E-state index in [-0.39, 0.29) is 16.9 Å². The number of fused-ring (bicyclic) bond motifs is 3. The zero-order chi connectivity index (χ0) is 32.2. The molecule has 0 aliphatic heterocycles. The summed E-state index contributed by atoms with van der Waals surface area (Å²) in [7, 11) is 0. The summed E-state index contributed by atoms with van der Waals surface area (Å²) in [5, 5.41) is 7.88. The van der Waals surface area contributed by atoms with Crippen molar-refractivity contribution in [1.82, 2.24) is 9.88 Å². The zero-order valence-electron chi connectivity index (χ0n) is 24.5. The Kier molecular flexibility index (Phi) is 9.26. The first kappa shape index (κ1) is 31.2. The van der Waals surface area contributed by atoms with Crippen LogP contribution in [0.1, 0.15) is 27.6 Å². The van der Waals surface area contributed by atoms with Crippen LogP contribution in [-0.2, 0) is 4.79 Å². The van der Waals surface area contributed by atoms with E-state index in [1.54, 1.807) is 65.2 Å². The molecule has 1 heterocycles. The van der Waals surface area contributed by atoms with Gasteiger partial charge in [0.2, 0.25) is 5.91 Å². The molecule has 0 saturated carbocycles. The van der Waals surface area contributed by atoms with E-state index in [1.807, 2.05) is 67.6 Å². The molecule has 9 heteroatoms. The van der Waals surface area contributed by atoms with E-state index in [0.29, 0.717) is 26.9 Å². The van der Waals surface area contributed by atoms with Gasteiger partial charge in [-0.3, -0.25) is 19.0 Å². The van der Waals surface area contributed by atoms with Gasteiger partial charge in [-0.15, -0.1) is 11.8 Å². The lowest BCUT2D eigenvalue weighted by atomic mass is 10.1. The molecule has 2 N–H and O–H groups in total. The summed E-state index contributed by atoms with van der Waals surface area (Å²) >= 11 is 14.2. The van der Waals surface area contributed by atoms with E-state index < -0.39 is 11.8 Å². The van der Waals surface area contributed by atoms with Crippen LogP contribution in [0.15, 0.2) is 132 Å². The van der Waals surface area contributed by atoms with Gasteiger partial charge in [0, 0.05) is 42.5 Å². The monoisotopic (exact) mass is 663 g/mol. The van der Waals surface area contributed by atoms with E-state index in [2.05, 4.69) is 10.6 Å². The minimum atomic E-state index is -0.560. The van der Waals surface area contributed by atoms with E-state index >= 15 is 0 Å². The molecule has 6 aromatic rings. The molecule has 0 radical (unpaired) electrons. The fraction of sp³-hybridized carbons (Fsp3) is 0.0541. The third kappa shape index (κ3) is 6.58. The lowest BCUT2D eigenvalue weighted by Crippen LogP contribution is -2.30. The molecule has 6 nitrogen and oxygen atoms in total. The molecule has 0 saturated heterocycles. The van der Waals surface area contributed by atoms with Crippen LogP contribution >= 0.6 is 35.0 Å². The molecule has 2 amide bonds. The maximum atomic E-state index is 13.7. The van der Waals surface area contributed by atoms with Crippen LogP contribution < -0.4 is 10.6 Å². The van der Waals surface area contributed by atoms with Crippen molar-refractivity contribution < 1.29 is 14.4 Å². The Bertz CT molecular complexity index is 2050. The molecule has 5 aromatic carbocycles. The highest BCUT2D eigenvalue weighted by atomic mass is 35.5. The van der Waals surface area contributed by atoms with Crippen molar-refractivity contribution in [1.29, 1.82) is 0 Å². The second-order valence-electron chi connectivity index (χ2n) is 10.5. The van der Waals surface area contributed by atoms with Gasteiger partial charge in [-0.1, -0.05) is 83.9 Å². The Balaban J connectivity index is 1.20. The van der Waals surface area contributed by atoms with Crippen molar-refractivity contribution in [3.63, 3.8) is 0 Å². The third-order valence-electron chi connectivity index (χ3n) is 7.39. The number of para-hydroxylation sites is 2. The first-order valence-corrected chi connectivity index (χ1v) is 16.1. The van der Waals surface area contributed by atoms with Gasteiger partial charge in [-0.2, -0.15) is 0 Å².